The molecule has 0 saturated heterocycles. The van der Waals surface area contributed by atoms with E-state index in [-0.39, 0.29) is 10.6 Å². The van der Waals surface area contributed by atoms with Gasteiger partial charge < -0.3 is 5.32 Å². The van der Waals surface area contributed by atoms with Crippen LogP contribution < -0.4 is 5.32 Å². The Labute approximate surface area is 131 Å². The number of hydrogen-bond acceptors (Lipinski definition) is 3. The highest BCUT2D eigenvalue weighted by Crippen LogP contribution is 2.41. The van der Waals surface area contributed by atoms with Crippen molar-refractivity contribution in [2.75, 3.05) is 0 Å². The second kappa shape index (κ2) is 5.95. The van der Waals surface area contributed by atoms with Gasteiger partial charge in [-0.05, 0) is 24.1 Å². The predicted molar refractivity (Wildman–Crippen MR) is 85.2 cm³/mol. The SMILES string of the molecule is O=[N+]([O-])c1cc(Br)ccc1CNC1CC1c1ccccc1. The summed E-state index contributed by atoms with van der Waals surface area (Å²) in [6.07, 6.45) is 1.09. The molecule has 0 spiro atoms. The average molecular weight is 347 g/mol. The van der Waals surface area contributed by atoms with Crippen LogP contribution in [0.5, 0.6) is 0 Å². The van der Waals surface area contributed by atoms with Crippen molar-refractivity contribution in [3.05, 3.63) is 74.2 Å². The monoisotopic (exact) mass is 346 g/mol. The number of benzene rings is 2. The maximum absolute atomic E-state index is 11.1. The van der Waals surface area contributed by atoms with Crippen LogP contribution in [0.1, 0.15) is 23.5 Å². The maximum atomic E-state index is 11.1. The minimum Gasteiger partial charge on any atom is -0.309 e. The van der Waals surface area contributed by atoms with E-state index < -0.39 is 0 Å². The number of nitro benzene ring substituents is 1. The topological polar surface area (TPSA) is 55.2 Å². The Hall–Kier alpha value is -1.72. The Morgan fingerprint density at radius 2 is 2.00 bits per heavy atom. The largest absolute Gasteiger partial charge is 0.309 e. The number of halogens is 1. The Morgan fingerprint density at radius 3 is 2.71 bits per heavy atom. The second-order valence-corrected chi connectivity index (χ2v) is 6.19. The fourth-order valence-corrected chi connectivity index (χ4v) is 2.94. The van der Waals surface area contributed by atoms with Gasteiger partial charge in [0.1, 0.15) is 0 Å². The molecule has 3 rings (SSSR count). The summed E-state index contributed by atoms with van der Waals surface area (Å²) in [5.74, 6) is 0.528. The van der Waals surface area contributed by atoms with Crippen molar-refractivity contribution in [2.24, 2.45) is 0 Å². The van der Waals surface area contributed by atoms with Crippen molar-refractivity contribution in [1.82, 2.24) is 5.32 Å². The summed E-state index contributed by atoms with van der Waals surface area (Å²) in [6.45, 7) is 0.525. The number of nitrogens with zero attached hydrogens (tertiary/aromatic N) is 1. The lowest BCUT2D eigenvalue weighted by atomic mass is 10.1. The van der Waals surface area contributed by atoms with Crippen molar-refractivity contribution in [2.45, 2.75) is 24.9 Å². The van der Waals surface area contributed by atoms with Crippen LogP contribution in [-0.2, 0) is 6.54 Å². The summed E-state index contributed by atoms with van der Waals surface area (Å²) in [5.41, 5.74) is 2.22. The van der Waals surface area contributed by atoms with Crippen molar-refractivity contribution >= 4 is 21.6 Å². The third-order valence-corrected chi connectivity index (χ3v) is 4.31. The molecule has 0 aliphatic heterocycles. The molecule has 108 valence electrons. The second-order valence-electron chi connectivity index (χ2n) is 5.27. The Kier molecular flexibility index (Phi) is 4.03. The molecule has 4 nitrogen and oxygen atoms in total. The third kappa shape index (κ3) is 3.31. The molecule has 1 fully saturated rings. The fraction of sp³-hybridized carbons (Fsp3) is 0.250. The summed E-state index contributed by atoms with van der Waals surface area (Å²) < 4.78 is 0.728. The molecule has 2 unspecified atom stereocenters. The molecule has 0 bridgehead atoms. The molecular formula is C16H15BrN2O2. The molecule has 2 atom stereocenters. The minimum absolute atomic E-state index is 0.161. The summed E-state index contributed by atoms with van der Waals surface area (Å²) in [4.78, 5) is 10.7. The van der Waals surface area contributed by atoms with Gasteiger partial charge >= 0.3 is 0 Å². The van der Waals surface area contributed by atoms with E-state index in [4.69, 9.17) is 0 Å². The fourth-order valence-electron chi connectivity index (χ4n) is 2.59. The van der Waals surface area contributed by atoms with Crippen LogP contribution >= 0.6 is 15.9 Å². The Balaban J connectivity index is 1.63. The summed E-state index contributed by atoms with van der Waals surface area (Å²) in [7, 11) is 0. The van der Waals surface area contributed by atoms with E-state index in [0.717, 1.165) is 16.5 Å². The van der Waals surface area contributed by atoms with E-state index in [1.54, 1.807) is 12.1 Å². The molecule has 1 aliphatic carbocycles. The van der Waals surface area contributed by atoms with Crippen LogP contribution in [0, 0.1) is 10.1 Å². The quantitative estimate of drug-likeness (QED) is 0.657. The molecule has 2 aromatic carbocycles. The van der Waals surface area contributed by atoms with Crippen LogP contribution in [0.2, 0.25) is 0 Å². The standard InChI is InChI=1S/C16H15BrN2O2/c17-13-7-6-12(16(8-13)19(20)21)10-18-15-9-14(15)11-4-2-1-3-5-11/h1-8,14-15,18H,9-10H2. The van der Waals surface area contributed by atoms with Gasteiger partial charge in [-0.25, -0.2) is 0 Å². The maximum Gasteiger partial charge on any atom is 0.275 e. The highest BCUT2D eigenvalue weighted by molar-refractivity contribution is 9.10. The minimum atomic E-state index is -0.330. The van der Waals surface area contributed by atoms with E-state index in [9.17, 15) is 10.1 Å². The van der Waals surface area contributed by atoms with E-state index in [1.807, 2.05) is 24.3 Å². The van der Waals surface area contributed by atoms with Crippen LogP contribution in [0.25, 0.3) is 0 Å². The van der Waals surface area contributed by atoms with E-state index in [2.05, 4.69) is 33.4 Å². The lowest BCUT2D eigenvalue weighted by molar-refractivity contribution is -0.385. The highest BCUT2D eigenvalue weighted by atomic mass is 79.9. The molecule has 2 aromatic rings. The molecule has 21 heavy (non-hydrogen) atoms. The number of nitro groups is 1. The first kappa shape index (κ1) is 14.2. The molecule has 0 heterocycles. The van der Waals surface area contributed by atoms with Crippen molar-refractivity contribution < 1.29 is 4.92 Å². The normalized spacial score (nSPS) is 20.2. The van der Waals surface area contributed by atoms with Gasteiger partial charge in [-0.1, -0.05) is 46.3 Å². The number of rotatable bonds is 5. The zero-order valence-electron chi connectivity index (χ0n) is 11.3. The van der Waals surface area contributed by atoms with Gasteiger partial charge in [-0.15, -0.1) is 0 Å². The van der Waals surface area contributed by atoms with Gasteiger partial charge in [0.2, 0.25) is 0 Å². The first-order valence-corrected chi connectivity index (χ1v) is 7.65. The summed E-state index contributed by atoms with van der Waals surface area (Å²) in [6, 6.07) is 16.0. The zero-order valence-corrected chi connectivity index (χ0v) is 12.9. The van der Waals surface area contributed by atoms with Gasteiger partial charge in [0, 0.05) is 34.6 Å². The van der Waals surface area contributed by atoms with Crippen molar-refractivity contribution in [3.8, 4) is 0 Å². The van der Waals surface area contributed by atoms with E-state index in [0.29, 0.717) is 18.5 Å². The summed E-state index contributed by atoms with van der Waals surface area (Å²) >= 11 is 3.27. The van der Waals surface area contributed by atoms with Crippen molar-refractivity contribution in [3.63, 3.8) is 0 Å². The van der Waals surface area contributed by atoms with Gasteiger partial charge in [-0.2, -0.15) is 0 Å². The summed E-state index contributed by atoms with van der Waals surface area (Å²) in [5, 5.41) is 14.5. The Bertz CT molecular complexity index is 661. The lowest BCUT2D eigenvalue weighted by Crippen LogP contribution is -2.18. The third-order valence-electron chi connectivity index (χ3n) is 3.82. The van der Waals surface area contributed by atoms with Gasteiger partial charge in [0.05, 0.1) is 4.92 Å². The molecule has 5 heteroatoms. The van der Waals surface area contributed by atoms with Gasteiger partial charge in [0.15, 0.2) is 0 Å². The number of nitrogens with one attached hydrogen (secondary N) is 1. The molecule has 1 N–H and O–H groups in total. The first-order valence-electron chi connectivity index (χ1n) is 6.86. The van der Waals surface area contributed by atoms with Crippen LogP contribution in [0.3, 0.4) is 0 Å². The van der Waals surface area contributed by atoms with Gasteiger partial charge in [0.25, 0.3) is 5.69 Å². The Morgan fingerprint density at radius 1 is 1.24 bits per heavy atom. The molecule has 0 radical (unpaired) electrons. The molecule has 0 aromatic heterocycles. The molecule has 1 aliphatic rings. The highest BCUT2D eigenvalue weighted by Gasteiger charge is 2.37. The van der Waals surface area contributed by atoms with Crippen molar-refractivity contribution in [1.29, 1.82) is 0 Å². The molecule has 1 saturated carbocycles. The van der Waals surface area contributed by atoms with E-state index >= 15 is 0 Å². The zero-order chi connectivity index (χ0) is 14.8. The van der Waals surface area contributed by atoms with Crippen LogP contribution in [-0.4, -0.2) is 11.0 Å². The number of hydrogen-bond donors (Lipinski definition) is 1. The lowest BCUT2D eigenvalue weighted by Gasteiger charge is -2.06. The first-order chi connectivity index (χ1) is 10.1. The van der Waals surface area contributed by atoms with Crippen LogP contribution in [0.4, 0.5) is 5.69 Å². The smallest absolute Gasteiger partial charge is 0.275 e. The predicted octanol–water partition coefficient (Wildman–Crippen LogP) is 4.00. The van der Waals surface area contributed by atoms with Gasteiger partial charge in [-0.3, -0.25) is 10.1 Å². The molecule has 0 amide bonds. The average Bonchev–Trinajstić information content (AvgIpc) is 3.26. The molecular weight excluding hydrogens is 332 g/mol. The van der Waals surface area contributed by atoms with Crippen LogP contribution in [0.15, 0.2) is 53.0 Å². The van der Waals surface area contributed by atoms with E-state index in [1.165, 1.54) is 5.56 Å².